The van der Waals surface area contributed by atoms with Gasteiger partial charge in [-0.25, -0.2) is 0 Å². The van der Waals surface area contributed by atoms with Gasteiger partial charge in [0.05, 0.1) is 7.11 Å². The van der Waals surface area contributed by atoms with Crippen molar-refractivity contribution < 1.29 is 14.6 Å². The first-order valence-corrected chi connectivity index (χ1v) is 9.85. The Morgan fingerprint density at radius 1 is 1.29 bits per heavy atom. The monoisotopic (exact) mass is 390 g/mol. The van der Waals surface area contributed by atoms with Gasteiger partial charge in [0.15, 0.2) is 11.5 Å². The molecule has 0 bridgehead atoms. The van der Waals surface area contributed by atoms with Crippen LogP contribution in [0.3, 0.4) is 0 Å². The van der Waals surface area contributed by atoms with Crippen LogP contribution in [0.25, 0.3) is 0 Å². The summed E-state index contributed by atoms with van der Waals surface area (Å²) >= 11 is 0. The molecule has 7 heteroatoms. The molecule has 0 aliphatic heterocycles. The number of nitrogens with zero attached hydrogens (tertiary/aromatic N) is 3. The highest BCUT2D eigenvalue weighted by Crippen LogP contribution is 2.28. The van der Waals surface area contributed by atoms with Gasteiger partial charge < -0.3 is 24.8 Å². The minimum atomic E-state index is -0.554. The van der Waals surface area contributed by atoms with E-state index in [1.807, 2.05) is 42.2 Å². The van der Waals surface area contributed by atoms with Gasteiger partial charge in [0, 0.05) is 38.1 Å². The van der Waals surface area contributed by atoms with Crippen LogP contribution in [0, 0.1) is 0 Å². The van der Waals surface area contributed by atoms with Gasteiger partial charge in [0.25, 0.3) is 0 Å². The number of likely N-dealkylation sites (N-methyl/N-ethyl adjacent to an activating group) is 1. The molecule has 0 aliphatic rings. The van der Waals surface area contributed by atoms with Crippen molar-refractivity contribution in [1.82, 2.24) is 20.0 Å². The predicted octanol–water partition coefficient (Wildman–Crippen LogP) is 2.15. The molecule has 1 atom stereocenters. The van der Waals surface area contributed by atoms with Gasteiger partial charge in [-0.2, -0.15) is 5.10 Å². The largest absolute Gasteiger partial charge is 0.493 e. The van der Waals surface area contributed by atoms with Crippen LogP contribution in [0.2, 0.25) is 0 Å². The molecule has 0 saturated carbocycles. The molecule has 0 amide bonds. The highest BCUT2D eigenvalue weighted by Gasteiger charge is 2.13. The molecule has 0 aliphatic carbocycles. The molecular weight excluding hydrogens is 356 g/mol. The summed E-state index contributed by atoms with van der Waals surface area (Å²) in [6, 6.07) is 8.21. The Morgan fingerprint density at radius 2 is 2.11 bits per heavy atom. The number of benzene rings is 1. The molecule has 156 valence electrons. The second kappa shape index (κ2) is 11.7. The molecule has 0 fully saturated rings. The van der Waals surface area contributed by atoms with Crippen molar-refractivity contribution in [2.24, 2.45) is 0 Å². The number of ether oxygens (including phenoxy) is 2. The normalized spacial score (nSPS) is 12.5. The number of aryl methyl sites for hydroxylation is 1. The second-order valence-electron chi connectivity index (χ2n) is 7.28. The molecule has 1 aromatic heterocycles. The molecule has 1 heterocycles. The number of hydrogen-bond donors (Lipinski definition) is 2. The summed E-state index contributed by atoms with van der Waals surface area (Å²) in [5.74, 6) is 1.33. The van der Waals surface area contributed by atoms with E-state index in [1.165, 1.54) is 0 Å². The molecule has 7 nitrogen and oxygen atoms in total. The second-order valence-corrected chi connectivity index (χ2v) is 7.28. The smallest absolute Gasteiger partial charge is 0.161 e. The summed E-state index contributed by atoms with van der Waals surface area (Å²) in [7, 11) is 3.62. The SMILES string of the molecule is COc1ccc(CNCCCn2cccn2)cc1OCC(O)CN(C)C(C)C. The third-order valence-corrected chi connectivity index (χ3v) is 4.67. The third-order valence-electron chi connectivity index (χ3n) is 4.67. The summed E-state index contributed by atoms with van der Waals surface area (Å²) in [5.41, 5.74) is 1.11. The minimum Gasteiger partial charge on any atom is -0.493 e. The predicted molar refractivity (Wildman–Crippen MR) is 111 cm³/mol. The Bertz CT molecular complexity index is 676. The fraction of sp³-hybridized carbons (Fsp3) is 0.571. The molecular formula is C21H34N4O3. The minimum absolute atomic E-state index is 0.230. The summed E-state index contributed by atoms with van der Waals surface area (Å²) in [6.07, 6.45) is 4.22. The molecule has 28 heavy (non-hydrogen) atoms. The van der Waals surface area contributed by atoms with E-state index in [0.717, 1.165) is 31.6 Å². The lowest BCUT2D eigenvalue weighted by molar-refractivity contribution is 0.0668. The Balaban J connectivity index is 1.79. The summed E-state index contributed by atoms with van der Waals surface area (Å²) in [4.78, 5) is 2.09. The van der Waals surface area contributed by atoms with Crippen LogP contribution in [0.4, 0.5) is 0 Å². The van der Waals surface area contributed by atoms with E-state index in [2.05, 4.69) is 29.2 Å². The Kier molecular flexibility index (Phi) is 9.27. The zero-order valence-corrected chi connectivity index (χ0v) is 17.5. The fourth-order valence-electron chi connectivity index (χ4n) is 2.76. The zero-order chi connectivity index (χ0) is 20.4. The molecule has 0 spiro atoms. The maximum atomic E-state index is 10.2. The van der Waals surface area contributed by atoms with Crippen molar-refractivity contribution in [3.63, 3.8) is 0 Å². The van der Waals surface area contributed by atoms with E-state index in [1.54, 1.807) is 13.3 Å². The first kappa shape index (κ1) is 22.2. The average molecular weight is 391 g/mol. The molecule has 1 unspecified atom stereocenters. The molecule has 2 N–H and O–H groups in total. The average Bonchev–Trinajstić information content (AvgIpc) is 3.19. The van der Waals surface area contributed by atoms with Crippen LogP contribution in [-0.2, 0) is 13.1 Å². The van der Waals surface area contributed by atoms with Crippen LogP contribution in [0.1, 0.15) is 25.8 Å². The maximum Gasteiger partial charge on any atom is 0.161 e. The molecule has 0 radical (unpaired) electrons. The van der Waals surface area contributed by atoms with Gasteiger partial charge in [-0.3, -0.25) is 4.68 Å². The summed E-state index contributed by atoms with van der Waals surface area (Å²) in [6.45, 7) is 7.55. The Labute approximate surface area is 168 Å². The van der Waals surface area contributed by atoms with Gasteiger partial charge in [-0.05, 0) is 57.6 Å². The van der Waals surface area contributed by atoms with Crippen molar-refractivity contribution in [2.75, 3.05) is 33.9 Å². The third kappa shape index (κ3) is 7.50. The first-order valence-electron chi connectivity index (χ1n) is 9.85. The summed E-state index contributed by atoms with van der Waals surface area (Å²) in [5, 5.41) is 17.9. The zero-order valence-electron chi connectivity index (χ0n) is 17.5. The van der Waals surface area contributed by atoms with Gasteiger partial charge in [0.2, 0.25) is 0 Å². The number of nitrogens with one attached hydrogen (secondary N) is 1. The van der Waals surface area contributed by atoms with Gasteiger partial charge in [-0.1, -0.05) is 6.07 Å². The van der Waals surface area contributed by atoms with Crippen LogP contribution in [0.15, 0.2) is 36.7 Å². The molecule has 0 saturated heterocycles. The lowest BCUT2D eigenvalue weighted by Gasteiger charge is -2.24. The molecule has 2 aromatic rings. The number of methoxy groups -OCH3 is 1. The van der Waals surface area contributed by atoms with Crippen LogP contribution >= 0.6 is 0 Å². The lowest BCUT2D eigenvalue weighted by atomic mass is 10.2. The van der Waals surface area contributed by atoms with Crippen molar-refractivity contribution in [2.45, 2.75) is 45.5 Å². The lowest BCUT2D eigenvalue weighted by Crippen LogP contribution is -2.37. The number of rotatable bonds is 13. The van der Waals surface area contributed by atoms with E-state index in [4.69, 9.17) is 9.47 Å². The van der Waals surface area contributed by atoms with E-state index >= 15 is 0 Å². The molecule has 1 aromatic carbocycles. The van der Waals surface area contributed by atoms with Crippen LogP contribution in [-0.4, -0.2) is 65.8 Å². The van der Waals surface area contributed by atoms with Crippen molar-refractivity contribution in [3.05, 3.63) is 42.2 Å². The van der Waals surface area contributed by atoms with Crippen LogP contribution < -0.4 is 14.8 Å². The Morgan fingerprint density at radius 3 is 2.79 bits per heavy atom. The standard InChI is InChI=1S/C21H34N4O3/c1-17(2)24(3)15-19(26)16-28-21-13-18(7-8-20(21)27-4)14-22-9-5-11-25-12-6-10-23-25/h6-8,10,12-13,17,19,22,26H,5,9,11,14-16H2,1-4H3. The summed E-state index contributed by atoms with van der Waals surface area (Å²) < 4.78 is 13.2. The van der Waals surface area contributed by atoms with Gasteiger partial charge >= 0.3 is 0 Å². The fourth-order valence-corrected chi connectivity index (χ4v) is 2.76. The van der Waals surface area contributed by atoms with Crippen molar-refractivity contribution in [3.8, 4) is 11.5 Å². The number of aromatic nitrogens is 2. The molecule has 2 rings (SSSR count). The van der Waals surface area contributed by atoms with Crippen LogP contribution in [0.5, 0.6) is 11.5 Å². The quantitative estimate of drug-likeness (QED) is 0.511. The van der Waals surface area contributed by atoms with Gasteiger partial charge in [-0.15, -0.1) is 0 Å². The topological polar surface area (TPSA) is 71.8 Å². The Hall–Kier alpha value is -2.09. The highest BCUT2D eigenvalue weighted by molar-refractivity contribution is 5.43. The number of aliphatic hydroxyl groups excluding tert-OH is 1. The first-order chi connectivity index (χ1) is 13.5. The van der Waals surface area contributed by atoms with Gasteiger partial charge in [0.1, 0.15) is 12.7 Å². The van der Waals surface area contributed by atoms with Crippen molar-refractivity contribution in [1.29, 1.82) is 0 Å². The maximum absolute atomic E-state index is 10.2. The van der Waals surface area contributed by atoms with E-state index in [0.29, 0.717) is 24.1 Å². The number of aliphatic hydroxyl groups is 1. The van der Waals surface area contributed by atoms with E-state index in [9.17, 15) is 5.11 Å². The van der Waals surface area contributed by atoms with Crippen molar-refractivity contribution >= 4 is 0 Å². The van der Waals surface area contributed by atoms with E-state index < -0.39 is 6.10 Å². The number of hydrogen-bond acceptors (Lipinski definition) is 6. The highest BCUT2D eigenvalue weighted by atomic mass is 16.5. The van der Waals surface area contributed by atoms with E-state index in [-0.39, 0.29) is 6.61 Å².